The minimum atomic E-state index is -3.66. The molecule has 1 N–H and O–H groups in total. The summed E-state index contributed by atoms with van der Waals surface area (Å²) < 4.78 is 33.1. The first-order valence-electron chi connectivity index (χ1n) is 7.10. The van der Waals surface area contributed by atoms with Crippen LogP contribution >= 0.6 is 11.6 Å². The van der Waals surface area contributed by atoms with Crippen LogP contribution in [0.3, 0.4) is 0 Å². The molecule has 0 aliphatic heterocycles. The predicted molar refractivity (Wildman–Crippen MR) is 92.5 cm³/mol. The number of rotatable bonds is 5. The maximum Gasteiger partial charge on any atom is 0.241 e. The number of sulfonamides is 1. The van der Waals surface area contributed by atoms with E-state index in [2.05, 4.69) is 4.72 Å². The van der Waals surface area contributed by atoms with Gasteiger partial charge >= 0.3 is 0 Å². The zero-order valence-electron chi connectivity index (χ0n) is 13.6. The van der Waals surface area contributed by atoms with Crippen LogP contribution in [0.5, 0.6) is 5.75 Å². The Morgan fingerprint density at radius 3 is 2.22 bits per heavy atom. The molecule has 0 unspecified atom stereocenters. The third-order valence-corrected chi connectivity index (χ3v) is 5.72. The first kappa shape index (κ1) is 17.8. The summed E-state index contributed by atoms with van der Waals surface area (Å²) in [4.78, 5) is 0.195. The lowest BCUT2D eigenvalue weighted by atomic mass is 9.96. The van der Waals surface area contributed by atoms with E-state index >= 15 is 0 Å². The van der Waals surface area contributed by atoms with Crippen LogP contribution in [0.15, 0.2) is 47.4 Å². The van der Waals surface area contributed by atoms with E-state index in [1.165, 1.54) is 6.07 Å². The number of hydrogen-bond donors (Lipinski definition) is 1. The zero-order valence-corrected chi connectivity index (χ0v) is 15.1. The van der Waals surface area contributed by atoms with Gasteiger partial charge in [0.1, 0.15) is 5.75 Å². The van der Waals surface area contributed by atoms with E-state index < -0.39 is 15.6 Å². The standard InChI is InChI=1S/C17H20ClNO3S/c1-12-11-15(9-10-16(12)18)23(20,21)19-17(2,3)13-5-7-14(22-4)8-6-13/h5-11,19H,1-4H3. The van der Waals surface area contributed by atoms with E-state index in [0.29, 0.717) is 5.02 Å². The molecule has 2 aromatic rings. The Morgan fingerprint density at radius 1 is 1.09 bits per heavy atom. The fraction of sp³-hybridized carbons (Fsp3) is 0.294. The molecule has 0 spiro atoms. The zero-order chi connectivity index (χ0) is 17.3. The molecule has 0 amide bonds. The molecule has 0 heterocycles. The summed E-state index contributed by atoms with van der Waals surface area (Å²) in [6.07, 6.45) is 0. The predicted octanol–water partition coefficient (Wildman–Crippen LogP) is 3.87. The van der Waals surface area contributed by atoms with Crippen molar-refractivity contribution in [1.82, 2.24) is 4.72 Å². The summed E-state index contributed by atoms with van der Waals surface area (Å²) in [5.41, 5.74) is 0.794. The number of aryl methyl sites for hydroxylation is 1. The highest BCUT2D eigenvalue weighted by molar-refractivity contribution is 7.89. The smallest absolute Gasteiger partial charge is 0.241 e. The molecule has 23 heavy (non-hydrogen) atoms. The van der Waals surface area contributed by atoms with Crippen molar-refractivity contribution in [2.45, 2.75) is 31.2 Å². The molecule has 2 rings (SSSR count). The van der Waals surface area contributed by atoms with Crippen LogP contribution in [-0.2, 0) is 15.6 Å². The molecule has 6 heteroatoms. The van der Waals surface area contributed by atoms with Gasteiger partial charge in [-0.3, -0.25) is 0 Å². The van der Waals surface area contributed by atoms with Crippen molar-refractivity contribution in [2.24, 2.45) is 0 Å². The molecular weight excluding hydrogens is 334 g/mol. The largest absolute Gasteiger partial charge is 0.497 e. The third kappa shape index (κ3) is 4.05. The lowest BCUT2D eigenvalue weighted by Crippen LogP contribution is -2.40. The summed E-state index contributed by atoms with van der Waals surface area (Å²) in [6, 6.07) is 11.9. The van der Waals surface area contributed by atoms with Crippen LogP contribution in [0.2, 0.25) is 5.02 Å². The maximum atomic E-state index is 12.6. The molecule has 0 fully saturated rings. The monoisotopic (exact) mass is 353 g/mol. The van der Waals surface area contributed by atoms with Crippen molar-refractivity contribution in [1.29, 1.82) is 0 Å². The van der Waals surface area contributed by atoms with Gasteiger partial charge in [-0.25, -0.2) is 13.1 Å². The average molecular weight is 354 g/mol. The van der Waals surface area contributed by atoms with Gasteiger partial charge < -0.3 is 4.74 Å². The Kier molecular flexibility index (Phi) is 5.04. The Labute approximate surface area is 142 Å². The van der Waals surface area contributed by atoms with Crippen molar-refractivity contribution in [3.8, 4) is 5.75 Å². The number of benzene rings is 2. The minimum absolute atomic E-state index is 0.195. The SMILES string of the molecule is COc1ccc(C(C)(C)NS(=O)(=O)c2ccc(Cl)c(C)c2)cc1. The van der Waals surface area contributed by atoms with E-state index in [1.807, 2.05) is 26.0 Å². The number of nitrogens with one attached hydrogen (secondary N) is 1. The minimum Gasteiger partial charge on any atom is -0.497 e. The lowest BCUT2D eigenvalue weighted by molar-refractivity contribution is 0.413. The Morgan fingerprint density at radius 2 is 1.70 bits per heavy atom. The van der Waals surface area contributed by atoms with Crippen LogP contribution in [0, 0.1) is 6.92 Å². The molecule has 0 radical (unpaired) electrons. The van der Waals surface area contributed by atoms with Crippen LogP contribution in [0.25, 0.3) is 0 Å². The summed E-state index contributed by atoms with van der Waals surface area (Å²) in [7, 11) is -2.07. The number of methoxy groups -OCH3 is 1. The molecule has 4 nitrogen and oxygen atoms in total. The normalized spacial score (nSPS) is 12.2. The molecule has 0 aliphatic carbocycles. The molecule has 124 valence electrons. The van der Waals surface area contributed by atoms with Crippen LogP contribution in [-0.4, -0.2) is 15.5 Å². The van der Waals surface area contributed by atoms with E-state index in [4.69, 9.17) is 16.3 Å². The van der Waals surface area contributed by atoms with Gasteiger partial charge in [-0.2, -0.15) is 0 Å². The molecule has 0 aliphatic rings. The number of ether oxygens (including phenoxy) is 1. The van der Waals surface area contributed by atoms with Crippen molar-refractivity contribution >= 4 is 21.6 Å². The van der Waals surface area contributed by atoms with Crippen molar-refractivity contribution < 1.29 is 13.2 Å². The number of hydrogen-bond acceptors (Lipinski definition) is 3. The Bertz CT molecular complexity index is 799. The third-order valence-electron chi connectivity index (χ3n) is 3.64. The van der Waals surface area contributed by atoms with Gasteiger partial charge in [-0.1, -0.05) is 23.7 Å². The second-order valence-electron chi connectivity index (χ2n) is 5.87. The van der Waals surface area contributed by atoms with Gasteiger partial charge in [-0.05, 0) is 62.2 Å². The van der Waals surface area contributed by atoms with Crippen molar-refractivity contribution in [2.75, 3.05) is 7.11 Å². The maximum absolute atomic E-state index is 12.6. The van der Waals surface area contributed by atoms with Gasteiger partial charge in [-0.15, -0.1) is 0 Å². The van der Waals surface area contributed by atoms with Gasteiger partial charge in [0.25, 0.3) is 0 Å². The second-order valence-corrected chi connectivity index (χ2v) is 7.96. The molecule has 0 aromatic heterocycles. The highest BCUT2D eigenvalue weighted by atomic mass is 35.5. The lowest BCUT2D eigenvalue weighted by Gasteiger charge is -2.27. The number of halogens is 1. The molecule has 0 saturated heterocycles. The second kappa shape index (κ2) is 6.51. The highest BCUT2D eigenvalue weighted by Gasteiger charge is 2.28. The Hall–Kier alpha value is -1.56. The van der Waals surface area contributed by atoms with Gasteiger partial charge in [0.2, 0.25) is 10.0 Å². The summed E-state index contributed by atoms with van der Waals surface area (Å²) in [5.74, 6) is 0.723. The van der Waals surface area contributed by atoms with Crippen LogP contribution in [0.4, 0.5) is 0 Å². The molecule has 0 saturated carbocycles. The van der Waals surface area contributed by atoms with Crippen molar-refractivity contribution in [3.05, 3.63) is 58.6 Å². The first-order chi connectivity index (χ1) is 10.7. The van der Waals surface area contributed by atoms with E-state index in [0.717, 1.165) is 16.9 Å². The topological polar surface area (TPSA) is 55.4 Å². The molecule has 0 atom stereocenters. The summed E-state index contributed by atoms with van der Waals surface area (Å²) >= 11 is 5.96. The summed E-state index contributed by atoms with van der Waals surface area (Å²) in [6.45, 7) is 5.40. The fourth-order valence-corrected chi connectivity index (χ4v) is 3.85. The van der Waals surface area contributed by atoms with Crippen molar-refractivity contribution in [3.63, 3.8) is 0 Å². The van der Waals surface area contributed by atoms with Gasteiger partial charge in [0.15, 0.2) is 0 Å². The molecular formula is C17H20ClNO3S. The van der Waals surface area contributed by atoms with E-state index in [9.17, 15) is 8.42 Å². The quantitative estimate of drug-likeness (QED) is 0.887. The van der Waals surface area contributed by atoms with Crippen LogP contribution < -0.4 is 9.46 Å². The van der Waals surface area contributed by atoms with Gasteiger partial charge in [0, 0.05) is 5.02 Å². The van der Waals surface area contributed by atoms with Crippen LogP contribution in [0.1, 0.15) is 25.0 Å². The molecule has 0 bridgehead atoms. The fourth-order valence-electron chi connectivity index (χ4n) is 2.25. The highest BCUT2D eigenvalue weighted by Crippen LogP contribution is 2.26. The van der Waals surface area contributed by atoms with E-state index in [1.54, 1.807) is 38.3 Å². The first-order valence-corrected chi connectivity index (χ1v) is 8.96. The Balaban J connectivity index is 2.31. The summed E-state index contributed by atoms with van der Waals surface area (Å²) in [5, 5.41) is 0.540. The van der Waals surface area contributed by atoms with Gasteiger partial charge in [0.05, 0.1) is 17.5 Å². The van der Waals surface area contributed by atoms with E-state index in [-0.39, 0.29) is 4.90 Å². The average Bonchev–Trinajstić information content (AvgIpc) is 2.49. The molecule has 2 aromatic carbocycles.